The number of methoxy groups -OCH3 is 1. The number of thioether (sulfide) groups is 1. The lowest BCUT2D eigenvalue weighted by molar-refractivity contribution is -0.117. The first-order valence-corrected chi connectivity index (χ1v) is 10.2. The van der Waals surface area contributed by atoms with Crippen LogP contribution in [0, 0.1) is 6.92 Å². The maximum absolute atomic E-state index is 12.8. The smallest absolute Gasteiger partial charge is 0.240 e. The molecule has 0 radical (unpaired) electrons. The summed E-state index contributed by atoms with van der Waals surface area (Å²) in [4.78, 5) is 17.3. The van der Waals surface area contributed by atoms with Crippen molar-refractivity contribution < 1.29 is 9.53 Å². The molecule has 3 aromatic rings. The number of pyridine rings is 1. The third-order valence-corrected chi connectivity index (χ3v) is 5.64. The second-order valence-corrected chi connectivity index (χ2v) is 8.61. The molecule has 0 saturated heterocycles. The second-order valence-electron chi connectivity index (χ2n) is 7.02. The molecule has 0 saturated carbocycles. The van der Waals surface area contributed by atoms with Crippen molar-refractivity contribution >= 4 is 23.4 Å². The van der Waals surface area contributed by atoms with E-state index >= 15 is 0 Å². The molecule has 8 heteroatoms. The Labute approximate surface area is 174 Å². The first-order valence-electron chi connectivity index (χ1n) is 9.35. The lowest BCUT2D eigenvalue weighted by Crippen LogP contribution is -2.34. The first kappa shape index (κ1) is 20.9. The van der Waals surface area contributed by atoms with Crippen LogP contribution >= 0.6 is 11.8 Å². The minimum absolute atomic E-state index is 0.101. The van der Waals surface area contributed by atoms with Crippen molar-refractivity contribution in [3.8, 4) is 17.3 Å². The number of hydrogen-bond donors (Lipinski definition) is 1. The van der Waals surface area contributed by atoms with E-state index in [9.17, 15) is 4.79 Å². The molecule has 3 rings (SSSR count). The molecule has 0 bridgehead atoms. The minimum Gasteiger partial charge on any atom is -0.496 e. The molecule has 1 amide bonds. The molecule has 152 valence electrons. The molecule has 0 fully saturated rings. The molecular formula is C21H25N5O2S. The van der Waals surface area contributed by atoms with Gasteiger partial charge in [-0.15, -0.1) is 10.2 Å². The Morgan fingerprint density at radius 2 is 1.97 bits per heavy atom. The number of carbonyl (C=O) groups is 1. The summed E-state index contributed by atoms with van der Waals surface area (Å²) in [6.07, 6.45) is 1.76. The Balaban J connectivity index is 1.85. The molecule has 0 aliphatic carbocycles. The van der Waals surface area contributed by atoms with Crippen molar-refractivity contribution in [2.45, 2.75) is 44.1 Å². The average Bonchev–Trinajstić information content (AvgIpc) is 3.11. The number of benzene rings is 1. The van der Waals surface area contributed by atoms with Crippen molar-refractivity contribution in [2.24, 2.45) is 0 Å². The quantitative estimate of drug-likeness (QED) is 0.587. The van der Waals surface area contributed by atoms with Crippen molar-refractivity contribution in [1.29, 1.82) is 0 Å². The number of amides is 1. The maximum atomic E-state index is 12.8. The standard InChI is InChI=1S/C21H25N5O2S/c1-6-26-18(16-12-17(28-5)14(2)13-22-16)24-25-20(26)29-21(3,4)19(27)23-15-10-8-7-9-11-15/h7-13H,6H2,1-5H3,(H,23,27). The Morgan fingerprint density at radius 1 is 1.24 bits per heavy atom. The van der Waals surface area contributed by atoms with Crippen LogP contribution in [0.1, 0.15) is 26.3 Å². The summed E-state index contributed by atoms with van der Waals surface area (Å²) in [6.45, 7) is 8.35. The Hall–Kier alpha value is -2.87. The number of nitrogens with one attached hydrogen (secondary N) is 1. The molecule has 1 aromatic carbocycles. The van der Waals surface area contributed by atoms with Crippen LogP contribution in [0.15, 0.2) is 47.8 Å². The molecule has 29 heavy (non-hydrogen) atoms. The number of aryl methyl sites for hydroxylation is 1. The summed E-state index contributed by atoms with van der Waals surface area (Å²) < 4.78 is 6.61. The predicted octanol–water partition coefficient (Wildman–Crippen LogP) is 4.19. The fraction of sp³-hybridized carbons (Fsp3) is 0.333. The number of hydrogen-bond acceptors (Lipinski definition) is 6. The largest absolute Gasteiger partial charge is 0.496 e. The van der Waals surface area contributed by atoms with Crippen LogP contribution in [-0.4, -0.2) is 37.5 Å². The highest BCUT2D eigenvalue weighted by atomic mass is 32.2. The highest BCUT2D eigenvalue weighted by Crippen LogP contribution is 2.34. The summed E-state index contributed by atoms with van der Waals surface area (Å²) in [7, 11) is 1.63. The van der Waals surface area contributed by atoms with Gasteiger partial charge in [-0.2, -0.15) is 0 Å². The van der Waals surface area contributed by atoms with Gasteiger partial charge in [0.15, 0.2) is 11.0 Å². The van der Waals surface area contributed by atoms with E-state index in [1.54, 1.807) is 13.3 Å². The number of para-hydroxylation sites is 1. The van der Waals surface area contributed by atoms with Gasteiger partial charge < -0.3 is 14.6 Å². The zero-order chi connectivity index (χ0) is 21.0. The highest BCUT2D eigenvalue weighted by Gasteiger charge is 2.32. The van der Waals surface area contributed by atoms with Gasteiger partial charge in [-0.1, -0.05) is 30.0 Å². The number of aromatic nitrogens is 4. The third kappa shape index (κ3) is 4.59. The summed E-state index contributed by atoms with van der Waals surface area (Å²) in [5.74, 6) is 1.29. The van der Waals surface area contributed by atoms with Crippen LogP contribution in [-0.2, 0) is 11.3 Å². The van der Waals surface area contributed by atoms with Gasteiger partial charge in [-0.3, -0.25) is 9.78 Å². The zero-order valence-electron chi connectivity index (χ0n) is 17.3. The number of nitrogens with zero attached hydrogens (tertiary/aromatic N) is 4. The Morgan fingerprint density at radius 3 is 2.62 bits per heavy atom. The fourth-order valence-electron chi connectivity index (χ4n) is 2.76. The number of rotatable bonds is 7. The molecule has 0 aliphatic heterocycles. The van der Waals surface area contributed by atoms with Crippen molar-refractivity contribution in [3.63, 3.8) is 0 Å². The van der Waals surface area contributed by atoms with Crippen LogP contribution in [0.25, 0.3) is 11.5 Å². The summed E-state index contributed by atoms with van der Waals surface area (Å²) in [5, 5.41) is 12.3. The van der Waals surface area contributed by atoms with Crippen molar-refractivity contribution in [3.05, 3.63) is 48.2 Å². The van der Waals surface area contributed by atoms with E-state index < -0.39 is 4.75 Å². The van der Waals surface area contributed by atoms with Crippen LogP contribution in [0.2, 0.25) is 0 Å². The number of anilines is 1. The summed E-state index contributed by atoms with van der Waals surface area (Å²) in [6, 6.07) is 11.3. The summed E-state index contributed by atoms with van der Waals surface area (Å²) >= 11 is 1.37. The van der Waals surface area contributed by atoms with Gasteiger partial charge in [0.2, 0.25) is 5.91 Å². The summed E-state index contributed by atoms with van der Waals surface area (Å²) in [5.41, 5.74) is 2.40. The van der Waals surface area contributed by atoms with Crippen molar-refractivity contribution in [1.82, 2.24) is 19.7 Å². The van der Waals surface area contributed by atoms with E-state index in [-0.39, 0.29) is 5.91 Å². The molecule has 7 nitrogen and oxygen atoms in total. The molecule has 1 N–H and O–H groups in total. The molecule has 0 unspecified atom stereocenters. The van der Waals surface area contributed by atoms with Crippen molar-refractivity contribution in [2.75, 3.05) is 12.4 Å². The molecule has 0 aliphatic rings. The van der Waals surface area contributed by atoms with E-state index in [1.165, 1.54) is 11.8 Å². The number of carbonyl (C=O) groups excluding carboxylic acids is 1. The second kappa shape index (κ2) is 8.65. The van der Waals surface area contributed by atoms with Crippen LogP contribution < -0.4 is 10.1 Å². The minimum atomic E-state index is -0.745. The van der Waals surface area contributed by atoms with Crippen LogP contribution in [0.5, 0.6) is 5.75 Å². The van der Waals surface area contributed by atoms with Gasteiger partial charge in [0.25, 0.3) is 0 Å². The van der Waals surface area contributed by atoms with Gasteiger partial charge in [0.1, 0.15) is 11.4 Å². The third-order valence-electron chi connectivity index (χ3n) is 4.46. The SMILES string of the molecule is CCn1c(SC(C)(C)C(=O)Nc2ccccc2)nnc1-c1cc(OC)c(C)cn1. The van der Waals surface area contributed by atoms with E-state index in [0.717, 1.165) is 17.0 Å². The topological polar surface area (TPSA) is 81.9 Å². The van der Waals surface area contributed by atoms with Crippen LogP contribution in [0.4, 0.5) is 5.69 Å². The average molecular weight is 412 g/mol. The van der Waals surface area contributed by atoms with Gasteiger partial charge in [0, 0.05) is 30.1 Å². The van der Waals surface area contributed by atoms with Gasteiger partial charge >= 0.3 is 0 Å². The number of ether oxygens (including phenoxy) is 1. The van der Waals surface area contributed by atoms with Crippen LogP contribution in [0.3, 0.4) is 0 Å². The first-order chi connectivity index (χ1) is 13.9. The molecule has 2 heterocycles. The Kier molecular flexibility index (Phi) is 6.22. The maximum Gasteiger partial charge on any atom is 0.240 e. The van der Waals surface area contributed by atoms with E-state index in [0.29, 0.717) is 23.2 Å². The predicted molar refractivity (Wildman–Crippen MR) is 115 cm³/mol. The van der Waals surface area contributed by atoms with Gasteiger partial charge in [-0.05, 0) is 39.8 Å². The molecular weight excluding hydrogens is 386 g/mol. The van der Waals surface area contributed by atoms with E-state index in [4.69, 9.17) is 4.74 Å². The lowest BCUT2D eigenvalue weighted by Gasteiger charge is -2.22. The van der Waals surface area contributed by atoms with E-state index in [2.05, 4.69) is 20.5 Å². The Bertz CT molecular complexity index is 1000. The van der Waals surface area contributed by atoms with Gasteiger partial charge in [-0.25, -0.2) is 0 Å². The molecule has 0 spiro atoms. The monoisotopic (exact) mass is 411 g/mol. The zero-order valence-corrected chi connectivity index (χ0v) is 18.1. The molecule has 0 atom stereocenters. The molecule has 2 aromatic heterocycles. The van der Waals surface area contributed by atoms with Gasteiger partial charge in [0.05, 0.1) is 11.9 Å². The fourth-order valence-corrected chi connectivity index (χ4v) is 3.77. The lowest BCUT2D eigenvalue weighted by atomic mass is 10.2. The normalized spacial score (nSPS) is 11.3. The van der Waals surface area contributed by atoms with E-state index in [1.807, 2.05) is 68.7 Å². The highest BCUT2D eigenvalue weighted by molar-refractivity contribution is 8.01.